The summed E-state index contributed by atoms with van der Waals surface area (Å²) >= 11 is 0. The highest BCUT2D eigenvalue weighted by atomic mass is 16.5. The van der Waals surface area contributed by atoms with E-state index in [0.29, 0.717) is 12.3 Å². The molecule has 0 aliphatic heterocycles. The Morgan fingerprint density at radius 3 is 2.65 bits per heavy atom. The number of fused-ring (bicyclic) bond motifs is 1. The lowest BCUT2D eigenvalue weighted by molar-refractivity contribution is -0.116. The van der Waals surface area contributed by atoms with Crippen LogP contribution in [-0.4, -0.2) is 52.2 Å². The molecule has 6 nitrogen and oxygen atoms in total. The Kier molecular flexibility index (Phi) is 7.02. The zero-order valence-corrected chi connectivity index (χ0v) is 19.0. The summed E-state index contributed by atoms with van der Waals surface area (Å²) in [5.41, 5.74) is 5.30. The number of nitrogens with zero attached hydrogens (tertiary/aromatic N) is 1. The molecule has 0 saturated heterocycles. The second-order valence-electron chi connectivity index (χ2n) is 7.76. The molecule has 164 valence electrons. The van der Waals surface area contributed by atoms with E-state index < -0.39 is 0 Å². The summed E-state index contributed by atoms with van der Waals surface area (Å²) in [4.78, 5) is 14.4. The molecule has 0 aliphatic carbocycles. The van der Waals surface area contributed by atoms with E-state index >= 15 is 0 Å². The number of hydrogen-bond acceptors (Lipinski definition) is 5. The second kappa shape index (κ2) is 9.71. The van der Waals surface area contributed by atoms with Gasteiger partial charge in [0.15, 0.2) is 0 Å². The smallest absolute Gasteiger partial charge is 0.244 e. The van der Waals surface area contributed by atoms with Crippen molar-refractivity contribution >= 4 is 22.4 Å². The molecule has 0 radical (unpaired) electrons. The lowest BCUT2D eigenvalue weighted by Gasteiger charge is -2.14. The average Bonchev–Trinajstić information content (AvgIpc) is 3.17. The van der Waals surface area contributed by atoms with Crippen LogP contribution in [0.25, 0.3) is 27.7 Å². The third-order valence-electron chi connectivity index (χ3n) is 5.26. The molecule has 0 fully saturated rings. The Bertz CT molecular complexity index is 1110. The Morgan fingerprint density at radius 1 is 1.19 bits per heavy atom. The van der Waals surface area contributed by atoms with Crippen molar-refractivity contribution < 1.29 is 18.7 Å². The van der Waals surface area contributed by atoms with Crippen molar-refractivity contribution in [2.24, 2.45) is 0 Å². The van der Waals surface area contributed by atoms with Gasteiger partial charge in [0.05, 0.1) is 20.5 Å². The van der Waals surface area contributed by atoms with Crippen LogP contribution in [0.4, 0.5) is 0 Å². The summed E-state index contributed by atoms with van der Waals surface area (Å²) in [6.45, 7) is 5.26. The maximum Gasteiger partial charge on any atom is 0.244 e. The molecule has 31 heavy (non-hydrogen) atoms. The van der Waals surface area contributed by atoms with Gasteiger partial charge in [0.25, 0.3) is 0 Å². The Hall–Kier alpha value is -3.25. The minimum Gasteiger partial charge on any atom is -0.497 e. The highest BCUT2D eigenvalue weighted by molar-refractivity contribution is 6.01. The number of aryl methyl sites for hydroxylation is 1. The van der Waals surface area contributed by atoms with Crippen LogP contribution >= 0.6 is 0 Å². The maximum absolute atomic E-state index is 12.4. The maximum atomic E-state index is 12.4. The minimum atomic E-state index is -0.126. The topological polar surface area (TPSA) is 63.9 Å². The molecule has 0 unspecified atom stereocenters. The Morgan fingerprint density at radius 2 is 1.97 bits per heavy atom. The molecule has 1 aromatic heterocycles. The number of nitrogens with one attached hydrogen (secondary N) is 1. The molecule has 2 aromatic carbocycles. The van der Waals surface area contributed by atoms with Gasteiger partial charge in [-0.2, -0.15) is 0 Å². The monoisotopic (exact) mass is 422 g/mol. The van der Waals surface area contributed by atoms with Gasteiger partial charge in [-0.3, -0.25) is 4.79 Å². The number of allylic oxidation sites excluding steroid dienone is 1. The predicted octanol–water partition coefficient (Wildman–Crippen LogP) is 4.51. The minimum absolute atomic E-state index is 0.126. The van der Waals surface area contributed by atoms with Crippen molar-refractivity contribution in [1.82, 2.24) is 10.2 Å². The first kappa shape index (κ1) is 22.4. The highest BCUT2D eigenvalue weighted by Gasteiger charge is 2.19. The van der Waals surface area contributed by atoms with Gasteiger partial charge in [0, 0.05) is 41.2 Å². The van der Waals surface area contributed by atoms with Crippen molar-refractivity contribution in [2.75, 3.05) is 41.4 Å². The van der Waals surface area contributed by atoms with Crippen LogP contribution in [0.5, 0.6) is 11.5 Å². The van der Waals surface area contributed by atoms with E-state index in [-0.39, 0.29) is 5.91 Å². The van der Waals surface area contributed by atoms with Crippen molar-refractivity contribution in [1.29, 1.82) is 0 Å². The number of hydrogen-bond donors (Lipinski definition) is 1. The van der Waals surface area contributed by atoms with E-state index in [0.717, 1.165) is 51.1 Å². The van der Waals surface area contributed by atoms with Crippen LogP contribution < -0.4 is 14.8 Å². The second-order valence-corrected chi connectivity index (χ2v) is 7.76. The standard InChI is InChI=1S/C25H30N2O4/c1-16(12-23(28)26-10-11-27(3)4)20-14-21-22(18-8-7-9-19(13-18)29-5)15-31-25(21)17(2)24(20)30-6/h7-9,12-15H,10-11H2,1-6H3,(H,26,28)/b16-12+. The van der Waals surface area contributed by atoms with Crippen molar-refractivity contribution in [2.45, 2.75) is 13.8 Å². The van der Waals surface area contributed by atoms with E-state index in [4.69, 9.17) is 13.9 Å². The lowest BCUT2D eigenvalue weighted by atomic mass is 9.96. The SMILES string of the molecule is COc1cccc(-c2coc3c(C)c(OC)c(/C(C)=C/C(=O)NCCN(C)C)cc23)c1. The number of methoxy groups -OCH3 is 2. The summed E-state index contributed by atoms with van der Waals surface area (Å²) in [5, 5.41) is 3.88. The van der Waals surface area contributed by atoms with Crippen molar-refractivity contribution in [3.05, 3.63) is 53.8 Å². The molecule has 3 rings (SSSR count). The number of amides is 1. The molecule has 0 atom stereocenters. The number of likely N-dealkylation sites (N-methyl/N-ethyl adjacent to an activating group) is 1. The van der Waals surface area contributed by atoms with Crippen molar-refractivity contribution in [3.63, 3.8) is 0 Å². The zero-order valence-electron chi connectivity index (χ0n) is 19.0. The fraction of sp³-hybridized carbons (Fsp3) is 0.320. The largest absolute Gasteiger partial charge is 0.497 e. The first-order valence-electron chi connectivity index (χ1n) is 10.2. The summed E-state index contributed by atoms with van der Waals surface area (Å²) in [6, 6.07) is 9.89. The van der Waals surface area contributed by atoms with Crippen molar-refractivity contribution in [3.8, 4) is 22.6 Å². The molecule has 0 bridgehead atoms. The van der Waals surface area contributed by atoms with Gasteiger partial charge in [-0.15, -0.1) is 0 Å². The molecule has 3 aromatic rings. The van der Waals surface area contributed by atoms with E-state index in [9.17, 15) is 4.79 Å². The van der Waals surface area contributed by atoms with E-state index in [1.165, 1.54) is 0 Å². The third-order valence-corrected chi connectivity index (χ3v) is 5.26. The number of benzene rings is 2. The molecular weight excluding hydrogens is 392 g/mol. The molecule has 0 spiro atoms. The summed E-state index contributed by atoms with van der Waals surface area (Å²) in [6.07, 6.45) is 3.37. The summed E-state index contributed by atoms with van der Waals surface area (Å²) in [5.74, 6) is 1.36. The van der Waals surface area contributed by atoms with Crippen LogP contribution in [0, 0.1) is 6.92 Å². The molecule has 1 heterocycles. The normalized spacial score (nSPS) is 11.8. The number of ether oxygens (including phenoxy) is 2. The van der Waals surface area contributed by atoms with Crippen LogP contribution in [0.2, 0.25) is 0 Å². The lowest BCUT2D eigenvalue weighted by Crippen LogP contribution is -2.30. The first-order chi connectivity index (χ1) is 14.8. The van der Waals surface area contributed by atoms with E-state index in [1.807, 2.05) is 63.2 Å². The van der Waals surface area contributed by atoms with Gasteiger partial charge in [-0.1, -0.05) is 12.1 Å². The van der Waals surface area contributed by atoms with Gasteiger partial charge < -0.3 is 24.1 Å². The molecule has 1 amide bonds. The third kappa shape index (κ3) is 4.91. The number of rotatable bonds is 8. The molecule has 0 aliphatic rings. The average molecular weight is 423 g/mol. The molecule has 6 heteroatoms. The van der Waals surface area contributed by atoms with Gasteiger partial charge in [-0.05, 0) is 57.3 Å². The highest BCUT2D eigenvalue weighted by Crippen LogP contribution is 2.41. The zero-order chi connectivity index (χ0) is 22.5. The number of carbonyl (C=O) groups is 1. The van der Waals surface area contributed by atoms with E-state index in [2.05, 4.69) is 5.32 Å². The van der Waals surface area contributed by atoms with Gasteiger partial charge in [0.1, 0.15) is 17.1 Å². The summed E-state index contributed by atoms with van der Waals surface area (Å²) < 4.78 is 17.0. The molecule has 1 N–H and O–H groups in total. The van der Waals surface area contributed by atoms with Crippen LogP contribution in [0.3, 0.4) is 0 Å². The van der Waals surface area contributed by atoms with E-state index in [1.54, 1.807) is 26.6 Å². The van der Waals surface area contributed by atoms with Crippen LogP contribution in [0.15, 0.2) is 47.1 Å². The summed E-state index contributed by atoms with van der Waals surface area (Å²) in [7, 11) is 7.23. The Balaban J connectivity index is 2.04. The fourth-order valence-electron chi connectivity index (χ4n) is 3.61. The first-order valence-corrected chi connectivity index (χ1v) is 10.2. The fourth-order valence-corrected chi connectivity index (χ4v) is 3.61. The van der Waals surface area contributed by atoms with Crippen LogP contribution in [0.1, 0.15) is 18.1 Å². The van der Waals surface area contributed by atoms with Gasteiger partial charge >= 0.3 is 0 Å². The van der Waals surface area contributed by atoms with Crippen LogP contribution in [-0.2, 0) is 4.79 Å². The van der Waals surface area contributed by atoms with Gasteiger partial charge in [-0.25, -0.2) is 0 Å². The molecular formula is C25H30N2O4. The predicted molar refractivity (Wildman–Crippen MR) is 125 cm³/mol. The number of furan rings is 1. The number of carbonyl (C=O) groups excluding carboxylic acids is 1. The quantitative estimate of drug-likeness (QED) is 0.541. The Labute approximate surface area is 183 Å². The molecule has 0 saturated carbocycles. The van der Waals surface area contributed by atoms with Gasteiger partial charge in [0.2, 0.25) is 5.91 Å².